The van der Waals surface area contributed by atoms with Crippen LogP contribution < -0.4 is 5.73 Å². The fraction of sp³-hybridized carbons (Fsp3) is 0.0714. The van der Waals surface area contributed by atoms with Gasteiger partial charge in [0.15, 0.2) is 0 Å². The van der Waals surface area contributed by atoms with Crippen molar-refractivity contribution in [3.8, 4) is 0 Å². The first-order valence-corrected chi connectivity index (χ1v) is 6.27. The molecule has 2 nitrogen and oxygen atoms in total. The van der Waals surface area contributed by atoms with Gasteiger partial charge in [0.05, 0.1) is 0 Å². The molecule has 0 saturated heterocycles. The van der Waals surface area contributed by atoms with Crippen molar-refractivity contribution in [1.82, 2.24) is 0 Å². The summed E-state index contributed by atoms with van der Waals surface area (Å²) in [6.07, 6.45) is 0. The Kier molecular flexibility index (Phi) is 3.67. The summed E-state index contributed by atoms with van der Waals surface area (Å²) in [5, 5.41) is 7.37. The summed E-state index contributed by atoms with van der Waals surface area (Å²) >= 11 is 1.37. The highest BCUT2D eigenvalue weighted by Crippen LogP contribution is 2.32. The molecule has 0 spiro atoms. The van der Waals surface area contributed by atoms with Crippen LogP contribution in [0.25, 0.3) is 0 Å². The summed E-state index contributed by atoms with van der Waals surface area (Å²) in [4.78, 5) is 1.56. The highest BCUT2D eigenvalue weighted by molar-refractivity contribution is 7.99. The van der Waals surface area contributed by atoms with Crippen molar-refractivity contribution in [1.29, 1.82) is 5.41 Å². The Morgan fingerprint density at radius 3 is 2.50 bits per heavy atom. The second-order valence-electron chi connectivity index (χ2n) is 3.93. The number of nitrogen functional groups attached to an aromatic ring is 1. The SMILES string of the molecule is Cc1cc(C(=N)N)ccc1Sc1ccccc1F. The summed E-state index contributed by atoms with van der Waals surface area (Å²) in [6, 6.07) is 12.2. The molecule has 0 fully saturated rings. The maximum Gasteiger partial charge on any atom is 0.137 e. The predicted molar refractivity (Wildman–Crippen MR) is 72.7 cm³/mol. The number of nitrogens with two attached hydrogens (primary N) is 1. The molecule has 2 aromatic carbocycles. The molecule has 0 atom stereocenters. The number of hydrogen-bond donors (Lipinski definition) is 2. The molecule has 92 valence electrons. The number of amidine groups is 1. The number of benzene rings is 2. The lowest BCUT2D eigenvalue weighted by Crippen LogP contribution is -2.10. The molecule has 2 rings (SSSR count). The van der Waals surface area contributed by atoms with E-state index in [9.17, 15) is 4.39 Å². The number of rotatable bonds is 3. The molecule has 18 heavy (non-hydrogen) atoms. The van der Waals surface area contributed by atoms with Crippen LogP contribution in [-0.2, 0) is 0 Å². The first kappa shape index (κ1) is 12.6. The third-order valence-corrected chi connectivity index (χ3v) is 3.77. The van der Waals surface area contributed by atoms with Crippen molar-refractivity contribution in [2.24, 2.45) is 5.73 Å². The van der Waals surface area contributed by atoms with Gasteiger partial charge in [-0.3, -0.25) is 5.41 Å². The van der Waals surface area contributed by atoms with E-state index in [-0.39, 0.29) is 11.7 Å². The molecule has 0 aliphatic heterocycles. The van der Waals surface area contributed by atoms with E-state index in [2.05, 4.69) is 0 Å². The molecular formula is C14H13FN2S. The molecular weight excluding hydrogens is 247 g/mol. The molecule has 0 bridgehead atoms. The third-order valence-electron chi connectivity index (χ3n) is 2.54. The lowest BCUT2D eigenvalue weighted by molar-refractivity contribution is 0.602. The van der Waals surface area contributed by atoms with Gasteiger partial charge >= 0.3 is 0 Å². The van der Waals surface area contributed by atoms with E-state index in [0.717, 1.165) is 10.5 Å². The Hall–Kier alpha value is -1.81. The second-order valence-corrected chi connectivity index (χ2v) is 5.01. The first-order valence-electron chi connectivity index (χ1n) is 5.45. The summed E-state index contributed by atoms with van der Waals surface area (Å²) < 4.78 is 13.5. The lowest BCUT2D eigenvalue weighted by Gasteiger charge is -2.08. The van der Waals surface area contributed by atoms with Crippen molar-refractivity contribution < 1.29 is 4.39 Å². The average molecular weight is 260 g/mol. The zero-order chi connectivity index (χ0) is 13.1. The van der Waals surface area contributed by atoms with Crippen LogP contribution in [0.1, 0.15) is 11.1 Å². The van der Waals surface area contributed by atoms with Crippen LogP contribution >= 0.6 is 11.8 Å². The van der Waals surface area contributed by atoms with Gasteiger partial charge in [-0.1, -0.05) is 30.0 Å². The second kappa shape index (κ2) is 5.23. The molecule has 0 aliphatic carbocycles. The van der Waals surface area contributed by atoms with Crippen molar-refractivity contribution in [3.63, 3.8) is 0 Å². The molecule has 0 saturated carbocycles. The van der Waals surface area contributed by atoms with Gasteiger partial charge < -0.3 is 5.73 Å². The van der Waals surface area contributed by atoms with Crippen LogP contribution in [-0.4, -0.2) is 5.84 Å². The van der Waals surface area contributed by atoms with Gasteiger partial charge in [0.2, 0.25) is 0 Å². The van der Waals surface area contributed by atoms with Crippen LogP contribution in [0.4, 0.5) is 4.39 Å². The quantitative estimate of drug-likeness (QED) is 0.654. The minimum absolute atomic E-state index is 0.0422. The van der Waals surface area contributed by atoms with Crippen LogP contribution in [0.15, 0.2) is 52.3 Å². The maximum atomic E-state index is 13.5. The van der Waals surface area contributed by atoms with Gasteiger partial charge in [-0.15, -0.1) is 0 Å². The van der Waals surface area contributed by atoms with Crippen molar-refractivity contribution in [3.05, 3.63) is 59.4 Å². The minimum atomic E-state index is -0.224. The molecule has 0 aromatic heterocycles. The summed E-state index contributed by atoms with van der Waals surface area (Å²) in [6.45, 7) is 1.93. The van der Waals surface area contributed by atoms with E-state index in [1.807, 2.05) is 25.1 Å². The van der Waals surface area contributed by atoms with E-state index in [0.29, 0.717) is 10.5 Å². The summed E-state index contributed by atoms with van der Waals surface area (Å²) in [5.74, 6) is -0.182. The molecule has 3 N–H and O–H groups in total. The number of halogens is 1. The Morgan fingerprint density at radius 2 is 1.89 bits per heavy atom. The highest BCUT2D eigenvalue weighted by atomic mass is 32.2. The fourth-order valence-corrected chi connectivity index (χ4v) is 2.48. The van der Waals surface area contributed by atoms with Crippen molar-refractivity contribution in [2.75, 3.05) is 0 Å². The van der Waals surface area contributed by atoms with Gasteiger partial charge in [0.25, 0.3) is 0 Å². The standard InChI is InChI=1S/C14H13FN2S/c1-9-8-10(14(16)17)6-7-12(9)18-13-5-3-2-4-11(13)15/h2-8H,1H3,(H3,16,17). The van der Waals surface area contributed by atoms with Crippen molar-refractivity contribution in [2.45, 2.75) is 16.7 Å². The van der Waals surface area contributed by atoms with Gasteiger partial charge in [0.1, 0.15) is 11.7 Å². The number of hydrogen-bond acceptors (Lipinski definition) is 2. The first-order chi connectivity index (χ1) is 8.58. The van der Waals surface area contributed by atoms with E-state index in [4.69, 9.17) is 11.1 Å². The van der Waals surface area contributed by atoms with E-state index >= 15 is 0 Å². The van der Waals surface area contributed by atoms with Crippen molar-refractivity contribution >= 4 is 17.6 Å². The van der Waals surface area contributed by atoms with Crippen LogP contribution in [0.2, 0.25) is 0 Å². The molecule has 2 aromatic rings. The zero-order valence-electron chi connectivity index (χ0n) is 9.91. The predicted octanol–water partition coefficient (Wildman–Crippen LogP) is 3.57. The fourth-order valence-electron chi connectivity index (χ4n) is 1.58. The smallest absolute Gasteiger partial charge is 0.137 e. The Morgan fingerprint density at radius 1 is 1.17 bits per heavy atom. The van der Waals surface area contributed by atoms with E-state index in [1.54, 1.807) is 18.2 Å². The normalized spacial score (nSPS) is 10.3. The molecule has 0 radical (unpaired) electrons. The number of aryl methyl sites for hydroxylation is 1. The minimum Gasteiger partial charge on any atom is -0.384 e. The molecule has 4 heteroatoms. The van der Waals surface area contributed by atoms with E-state index in [1.165, 1.54) is 17.8 Å². The Labute approximate surface area is 110 Å². The van der Waals surface area contributed by atoms with E-state index < -0.39 is 0 Å². The Balaban J connectivity index is 2.30. The van der Waals surface area contributed by atoms with Crippen LogP contribution in [0.5, 0.6) is 0 Å². The monoisotopic (exact) mass is 260 g/mol. The molecule has 0 amide bonds. The third kappa shape index (κ3) is 2.71. The molecule has 0 heterocycles. The lowest BCUT2D eigenvalue weighted by atomic mass is 10.1. The highest BCUT2D eigenvalue weighted by Gasteiger charge is 2.07. The van der Waals surface area contributed by atoms with Gasteiger partial charge in [-0.2, -0.15) is 0 Å². The van der Waals surface area contributed by atoms with Gasteiger partial charge in [0, 0.05) is 15.4 Å². The topological polar surface area (TPSA) is 49.9 Å². The number of nitrogens with one attached hydrogen (secondary N) is 1. The summed E-state index contributed by atoms with van der Waals surface area (Å²) in [7, 11) is 0. The molecule has 0 unspecified atom stereocenters. The largest absolute Gasteiger partial charge is 0.384 e. The van der Waals surface area contributed by atoms with Crippen LogP contribution in [0.3, 0.4) is 0 Å². The maximum absolute atomic E-state index is 13.5. The van der Waals surface area contributed by atoms with Gasteiger partial charge in [-0.05, 0) is 36.8 Å². The Bertz CT molecular complexity index is 596. The van der Waals surface area contributed by atoms with Crippen LogP contribution in [0, 0.1) is 18.2 Å². The summed E-state index contributed by atoms with van der Waals surface area (Å²) in [5.41, 5.74) is 7.09. The molecule has 0 aliphatic rings. The zero-order valence-corrected chi connectivity index (χ0v) is 10.7. The van der Waals surface area contributed by atoms with Gasteiger partial charge in [-0.25, -0.2) is 4.39 Å². The average Bonchev–Trinajstić information content (AvgIpc) is 2.34.